The van der Waals surface area contributed by atoms with E-state index in [-0.39, 0.29) is 17.9 Å². The van der Waals surface area contributed by atoms with E-state index in [1.165, 1.54) is 0 Å². The zero-order valence-corrected chi connectivity index (χ0v) is 12.6. The van der Waals surface area contributed by atoms with Crippen LogP contribution in [0, 0.1) is 0 Å². The highest BCUT2D eigenvalue weighted by Gasteiger charge is 2.38. The molecule has 2 N–H and O–H groups in total. The van der Waals surface area contributed by atoms with Gasteiger partial charge in [0.15, 0.2) is 0 Å². The van der Waals surface area contributed by atoms with Crippen molar-refractivity contribution < 1.29 is 14.3 Å². The van der Waals surface area contributed by atoms with Crippen LogP contribution in [0.2, 0.25) is 0 Å². The minimum Gasteiger partial charge on any atom is -0.377 e. The van der Waals surface area contributed by atoms with E-state index in [0.29, 0.717) is 31.8 Å². The number of hydrogen-bond donors (Lipinski definition) is 2. The summed E-state index contributed by atoms with van der Waals surface area (Å²) in [6.45, 7) is 3.44. The summed E-state index contributed by atoms with van der Waals surface area (Å²) in [5, 5.41) is 6.35. The summed E-state index contributed by atoms with van der Waals surface area (Å²) in [6, 6.07) is 0.0608. The molecule has 6 heteroatoms. The molecule has 2 aliphatic heterocycles. The molecule has 2 saturated heterocycles. The number of nitrogens with one attached hydrogen (secondary N) is 2. The number of carbonyl (C=O) groups is 2. The van der Waals surface area contributed by atoms with Gasteiger partial charge in [0.1, 0.15) is 6.04 Å². The fraction of sp³-hybridized carbons (Fsp3) is 0.867. The quantitative estimate of drug-likeness (QED) is 0.770. The number of amides is 2. The van der Waals surface area contributed by atoms with Crippen molar-refractivity contribution in [1.82, 2.24) is 15.5 Å². The third-order valence-electron chi connectivity index (χ3n) is 4.55. The second kappa shape index (κ2) is 6.32. The van der Waals surface area contributed by atoms with E-state index in [4.69, 9.17) is 4.74 Å². The largest absolute Gasteiger partial charge is 0.377 e. The average molecular weight is 295 g/mol. The van der Waals surface area contributed by atoms with Gasteiger partial charge in [-0.25, -0.2) is 0 Å². The van der Waals surface area contributed by atoms with Gasteiger partial charge < -0.3 is 20.3 Å². The van der Waals surface area contributed by atoms with E-state index in [1.807, 2.05) is 0 Å². The molecule has 0 aromatic heterocycles. The molecule has 1 saturated carbocycles. The predicted octanol–water partition coefficient (Wildman–Crippen LogP) is 0.0230. The van der Waals surface area contributed by atoms with Crippen LogP contribution >= 0.6 is 0 Å². The van der Waals surface area contributed by atoms with Gasteiger partial charge in [-0.15, -0.1) is 0 Å². The molecule has 0 aromatic carbocycles. The van der Waals surface area contributed by atoms with Gasteiger partial charge in [0.25, 0.3) is 0 Å². The van der Waals surface area contributed by atoms with Gasteiger partial charge in [-0.2, -0.15) is 0 Å². The molecule has 6 nitrogen and oxygen atoms in total. The van der Waals surface area contributed by atoms with Crippen molar-refractivity contribution in [3.8, 4) is 0 Å². The van der Waals surface area contributed by atoms with Crippen LogP contribution in [-0.2, 0) is 14.3 Å². The topological polar surface area (TPSA) is 70.7 Å². The number of piperidine rings is 1. The lowest BCUT2D eigenvalue weighted by Gasteiger charge is -2.38. The third-order valence-corrected chi connectivity index (χ3v) is 4.55. The minimum absolute atomic E-state index is 0.0563. The summed E-state index contributed by atoms with van der Waals surface area (Å²) < 4.78 is 5.42. The van der Waals surface area contributed by atoms with Gasteiger partial charge >= 0.3 is 0 Å². The smallest absolute Gasteiger partial charge is 0.245 e. The van der Waals surface area contributed by atoms with Crippen molar-refractivity contribution >= 4 is 11.8 Å². The highest BCUT2D eigenvalue weighted by atomic mass is 16.5. The van der Waals surface area contributed by atoms with E-state index >= 15 is 0 Å². The Morgan fingerprint density at radius 1 is 1.24 bits per heavy atom. The second-order valence-corrected chi connectivity index (χ2v) is 6.46. The van der Waals surface area contributed by atoms with Gasteiger partial charge in [-0.05, 0) is 39.0 Å². The zero-order chi connectivity index (χ0) is 14.8. The SMILES string of the molecule is CC1CCCC(C(=O)N2CCOCC2C(=O)NC2CC2)N1. The van der Waals surface area contributed by atoms with Crippen molar-refractivity contribution in [1.29, 1.82) is 0 Å². The van der Waals surface area contributed by atoms with Crippen LogP contribution in [0.3, 0.4) is 0 Å². The van der Waals surface area contributed by atoms with Crippen LogP contribution in [0.15, 0.2) is 0 Å². The van der Waals surface area contributed by atoms with E-state index in [0.717, 1.165) is 32.1 Å². The molecule has 3 atom stereocenters. The number of nitrogens with zero attached hydrogens (tertiary/aromatic N) is 1. The molecule has 0 spiro atoms. The van der Waals surface area contributed by atoms with E-state index in [9.17, 15) is 9.59 Å². The minimum atomic E-state index is -0.467. The number of ether oxygens (including phenoxy) is 1. The van der Waals surface area contributed by atoms with Crippen LogP contribution < -0.4 is 10.6 Å². The number of carbonyl (C=O) groups excluding carboxylic acids is 2. The summed E-state index contributed by atoms with van der Waals surface area (Å²) in [6.07, 6.45) is 5.13. The van der Waals surface area contributed by atoms with Crippen LogP contribution in [0.25, 0.3) is 0 Å². The first kappa shape index (κ1) is 14.8. The van der Waals surface area contributed by atoms with E-state index in [1.54, 1.807) is 4.90 Å². The molecule has 118 valence electrons. The number of morpholine rings is 1. The standard InChI is InChI=1S/C15H25N3O3/c1-10-3-2-4-12(16-10)15(20)18-7-8-21-9-13(18)14(19)17-11-5-6-11/h10-13,16H,2-9H2,1H3,(H,17,19). The highest BCUT2D eigenvalue weighted by Crippen LogP contribution is 2.21. The van der Waals surface area contributed by atoms with Crippen molar-refractivity contribution in [2.24, 2.45) is 0 Å². The van der Waals surface area contributed by atoms with E-state index < -0.39 is 6.04 Å². The van der Waals surface area contributed by atoms with Crippen LogP contribution in [0.5, 0.6) is 0 Å². The van der Waals surface area contributed by atoms with Crippen LogP contribution in [-0.4, -0.2) is 60.6 Å². The Labute approximate surface area is 125 Å². The maximum atomic E-state index is 12.7. The Morgan fingerprint density at radius 3 is 2.76 bits per heavy atom. The molecule has 2 amide bonds. The second-order valence-electron chi connectivity index (χ2n) is 6.46. The molecule has 3 aliphatic rings. The molecule has 0 aromatic rings. The van der Waals surface area contributed by atoms with Crippen molar-refractivity contribution in [3.63, 3.8) is 0 Å². The molecular weight excluding hydrogens is 270 g/mol. The summed E-state index contributed by atoms with van der Waals surface area (Å²) in [4.78, 5) is 26.8. The first-order valence-electron chi connectivity index (χ1n) is 8.10. The highest BCUT2D eigenvalue weighted by molar-refractivity contribution is 5.90. The Hall–Kier alpha value is -1.14. The van der Waals surface area contributed by atoms with Gasteiger partial charge in [0, 0.05) is 18.6 Å². The maximum absolute atomic E-state index is 12.7. The maximum Gasteiger partial charge on any atom is 0.245 e. The monoisotopic (exact) mass is 295 g/mol. The number of hydrogen-bond acceptors (Lipinski definition) is 4. The lowest BCUT2D eigenvalue weighted by Crippen LogP contribution is -2.61. The molecule has 3 unspecified atom stereocenters. The van der Waals surface area contributed by atoms with E-state index in [2.05, 4.69) is 17.6 Å². The predicted molar refractivity (Wildman–Crippen MR) is 77.7 cm³/mol. The first-order chi connectivity index (χ1) is 10.1. The molecule has 3 rings (SSSR count). The molecule has 21 heavy (non-hydrogen) atoms. The fourth-order valence-electron chi connectivity index (χ4n) is 3.14. The molecular formula is C15H25N3O3. The van der Waals surface area contributed by atoms with Crippen molar-refractivity contribution in [2.75, 3.05) is 19.8 Å². The average Bonchev–Trinajstić information content (AvgIpc) is 3.30. The lowest BCUT2D eigenvalue weighted by atomic mass is 9.98. The third kappa shape index (κ3) is 3.55. The summed E-state index contributed by atoms with van der Waals surface area (Å²) in [7, 11) is 0. The molecule has 3 fully saturated rings. The van der Waals surface area contributed by atoms with Gasteiger partial charge in [0.2, 0.25) is 11.8 Å². The summed E-state index contributed by atoms with van der Waals surface area (Å²) >= 11 is 0. The van der Waals surface area contributed by atoms with Crippen molar-refractivity contribution in [3.05, 3.63) is 0 Å². The molecule has 0 radical (unpaired) electrons. The summed E-state index contributed by atoms with van der Waals surface area (Å²) in [5.74, 6) is -0.00444. The summed E-state index contributed by atoms with van der Waals surface area (Å²) in [5.41, 5.74) is 0. The Morgan fingerprint density at radius 2 is 2.05 bits per heavy atom. The fourth-order valence-corrected chi connectivity index (χ4v) is 3.14. The van der Waals surface area contributed by atoms with Gasteiger partial charge in [-0.3, -0.25) is 9.59 Å². The first-order valence-corrected chi connectivity index (χ1v) is 8.10. The normalized spacial score (nSPS) is 33.6. The Kier molecular flexibility index (Phi) is 4.45. The Balaban J connectivity index is 1.64. The Bertz CT molecular complexity index is 411. The molecule has 0 bridgehead atoms. The van der Waals surface area contributed by atoms with Crippen LogP contribution in [0.4, 0.5) is 0 Å². The number of rotatable bonds is 3. The molecule has 1 aliphatic carbocycles. The zero-order valence-electron chi connectivity index (χ0n) is 12.6. The van der Waals surface area contributed by atoms with Gasteiger partial charge in [0.05, 0.1) is 19.3 Å². The lowest BCUT2D eigenvalue weighted by molar-refractivity contribution is -0.150. The van der Waals surface area contributed by atoms with Crippen molar-refractivity contribution in [2.45, 2.75) is 63.2 Å². The molecule has 2 heterocycles. The van der Waals surface area contributed by atoms with Gasteiger partial charge in [-0.1, -0.05) is 0 Å². The van der Waals surface area contributed by atoms with Crippen LogP contribution in [0.1, 0.15) is 39.0 Å².